The van der Waals surface area contributed by atoms with Gasteiger partial charge in [-0.25, -0.2) is 0 Å². The molecule has 0 unspecified atom stereocenters. The fourth-order valence-electron chi connectivity index (χ4n) is 1.33. The lowest BCUT2D eigenvalue weighted by atomic mass is 9.97. The van der Waals surface area contributed by atoms with Crippen LogP contribution in [0.3, 0.4) is 0 Å². The summed E-state index contributed by atoms with van der Waals surface area (Å²) < 4.78 is 0. The van der Waals surface area contributed by atoms with Crippen LogP contribution in [0.1, 0.15) is 37.3 Å². The van der Waals surface area contributed by atoms with Crippen LogP contribution in [0.15, 0.2) is 24.3 Å². The summed E-state index contributed by atoms with van der Waals surface area (Å²) in [6.07, 6.45) is 0.857. The van der Waals surface area contributed by atoms with Gasteiger partial charge in [-0.2, -0.15) is 12.6 Å². The smallest absolute Gasteiger partial charge is 0.0279 e. The molecule has 0 bridgehead atoms. The van der Waals surface area contributed by atoms with Gasteiger partial charge in [0.25, 0.3) is 0 Å². The van der Waals surface area contributed by atoms with E-state index < -0.39 is 0 Å². The van der Waals surface area contributed by atoms with Crippen molar-refractivity contribution in [1.29, 1.82) is 0 Å². The summed E-state index contributed by atoms with van der Waals surface area (Å²) in [6, 6.07) is 8.34. The molecule has 0 saturated carbocycles. The fraction of sp³-hybridized carbons (Fsp3) is 0.385. The van der Waals surface area contributed by atoms with Crippen molar-refractivity contribution in [2.24, 2.45) is 0 Å². The van der Waals surface area contributed by atoms with E-state index in [-0.39, 0.29) is 0 Å². The highest BCUT2D eigenvalue weighted by atomic mass is 32.1. The first-order chi connectivity index (χ1) is 6.75. The summed E-state index contributed by atoms with van der Waals surface area (Å²) in [7, 11) is 0. The van der Waals surface area contributed by atoms with Crippen LogP contribution in [0.5, 0.6) is 0 Å². The van der Waals surface area contributed by atoms with Gasteiger partial charge in [0, 0.05) is 17.7 Å². The average Bonchev–Trinajstić information content (AvgIpc) is 2.19. The van der Waals surface area contributed by atoms with Gasteiger partial charge in [0.2, 0.25) is 0 Å². The zero-order valence-electron chi connectivity index (χ0n) is 8.75. The van der Waals surface area contributed by atoms with Gasteiger partial charge in [-0.3, -0.25) is 0 Å². The molecule has 0 saturated heterocycles. The minimum atomic E-state index is 0.538. The first-order valence-electron chi connectivity index (χ1n) is 4.94. The quantitative estimate of drug-likeness (QED) is 0.553. The van der Waals surface area contributed by atoms with E-state index in [9.17, 15) is 0 Å². The van der Waals surface area contributed by atoms with Crippen molar-refractivity contribution in [3.8, 4) is 11.8 Å². The molecule has 0 N–H and O–H groups in total. The molecule has 1 aromatic rings. The SMILES string of the molecule is CC(C)c1ccccc1C#CCCS. The third-order valence-electron chi connectivity index (χ3n) is 2.04. The second kappa shape index (κ2) is 5.78. The highest BCUT2D eigenvalue weighted by Crippen LogP contribution is 2.17. The van der Waals surface area contributed by atoms with Crippen LogP contribution < -0.4 is 0 Å². The maximum Gasteiger partial charge on any atom is 0.0279 e. The molecule has 0 radical (unpaired) electrons. The van der Waals surface area contributed by atoms with Crippen LogP contribution in [0.25, 0.3) is 0 Å². The van der Waals surface area contributed by atoms with Gasteiger partial charge in [-0.1, -0.05) is 43.9 Å². The van der Waals surface area contributed by atoms with Gasteiger partial charge in [0.15, 0.2) is 0 Å². The van der Waals surface area contributed by atoms with E-state index in [0.717, 1.165) is 17.7 Å². The van der Waals surface area contributed by atoms with Gasteiger partial charge in [-0.15, -0.1) is 0 Å². The Morgan fingerprint density at radius 3 is 2.64 bits per heavy atom. The van der Waals surface area contributed by atoms with Crippen molar-refractivity contribution in [1.82, 2.24) is 0 Å². The first kappa shape index (κ1) is 11.2. The molecule has 0 aliphatic carbocycles. The molecule has 0 fully saturated rings. The Morgan fingerprint density at radius 2 is 2.00 bits per heavy atom. The molecule has 74 valence electrons. The van der Waals surface area contributed by atoms with E-state index in [1.807, 2.05) is 6.07 Å². The summed E-state index contributed by atoms with van der Waals surface area (Å²) in [5, 5.41) is 0. The normalized spacial score (nSPS) is 9.71. The topological polar surface area (TPSA) is 0 Å². The van der Waals surface area contributed by atoms with E-state index in [1.54, 1.807) is 0 Å². The largest absolute Gasteiger partial charge is 0.178 e. The highest BCUT2D eigenvalue weighted by Gasteiger charge is 2.02. The molecule has 0 heterocycles. The lowest BCUT2D eigenvalue weighted by Gasteiger charge is -2.07. The van der Waals surface area contributed by atoms with E-state index in [2.05, 4.69) is 56.5 Å². The second-order valence-corrected chi connectivity index (χ2v) is 3.96. The minimum absolute atomic E-state index is 0.538. The maximum absolute atomic E-state index is 4.13. The molecule has 1 heteroatoms. The van der Waals surface area contributed by atoms with Crippen molar-refractivity contribution in [2.45, 2.75) is 26.2 Å². The Labute approximate surface area is 92.1 Å². The fourth-order valence-corrected chi connectivity index (χ4v) is 1.44. The zero-order valence-corrected chi connectivity index (χ0v) is 9.64. The molecule has 1 aromatic carbocycles. The van der Waals surface area contributed by atoms with E-state index >= 15 is 0 Å². The van der Waals surface area contributed by atoms with Crippen LogP contribution in [0.2, 0.25) is 0 Å². The number of rotatable bonds is 2. The van der Waals surface area contributed by atoms with Gasteiger partial charge < -0.3 is 0 Å². The van der Waals surface area contributed by atoms with E-state index in [1.165, 1.54) is 5.56 Å². The summed E-state index contributed by atoms with van der Waals surface area (Å²) in [5.41, 5.74) is 2.49. The predicted octanol–water partition coefficient (Wildman–Crippen LogP) is 3.48. The van der Waals surface area contributed by atoms with Crippen molar-refractivity contribution in [3.05, 3.63) is 35.4 Å². The molecule has 14 heavy (non-hydrogen) atoms. The Hall–Kier alpha value is -0.870. The summed E-state index contributed by atoms with van der Waals surface area (Å²) in [6.45, 7) is 4.39. The Morgan fingerprint density at radius 1 is 1.29 bits per heavy atom. The third kappa shape index (κ3) is 3.12. The van der Waals surface area contributed by atoms with E-state index in [4.69, 9.17) is 0 Å². The van der Waals surface area contributed by atoms with Crippen LogP contribution in [0, 0.1) is 11.8 Å². The molecular formula is C13H16S. The monoisotopic (exact) mass is 204 g/mol. The van der Waals surface area contributed by atoms with Gasteiger partial charge in [0.05, 0.1) is 0 Å². The number of thiol groups is 1. The minimum Gasteiger partial charge on any atom is -0.178 e. The number of hydrogen-bond donors (Lipinski definition) is 1. The van der Waals surface area contributed by atoms with Crippen molar-refractivity contribution < 1.29 is 0 Å². The molecule has 0 atom stereocenters. The van der Waals surface area contributed by atoms with Crippen molar-refractivity contribution >= 4 is 12.6 Å². The molecule has 0 aliphatic heterocycles. The molecule has 0 spiro atoms. The zero-order chi connectivity index (χ0) is 10.4. The Kier molecular flexibility index (Phi) is 4.62. The summed E-state index contributed by atoms with van der Waals surface area (Å²) in [5.74, 6) is 7.69. The lowest BCUT2D eigenvalue weighted by Crippen LogP contribution is -1.91. The predicted molar refractivity (Wildman–Crippen MR) is 65.9 cm³/mol. The standard InChI is InChI=1S/C13H16S/c1-11(2)13-9-4-3-7-12(13)8-5-6-10-14/h3-4,7,9,11,14H,6,10H2,1-2H3. The second-order valence-electron chi connectivity index (χ2n) is 3.52. The Bertz CT molecular complexity index is 342. The van der Waals surface area contributed by atoms with Crippen LogP contribution in [0.4, 0.5) is 0 Å². The van der Waals surface area contributed by atoms with Crippen molar-refractivity contribution in [2.75, 3.05) is 5.75 Å². The van der Waals surface area contributed by atoms with Gasteiger partial charge in [-0.05, 0) is 17.5 Å². The molecule has 0 amide bonds. The van der Waals surface area contributed by atoms with Crippen LogP contribution in [-0.2, 0) is 0 Å². The van der Waals surface area contributed by atoms with Crippen LogP contribution in [-0.4, -0.2) is 5.75 Å². The average molecular weight is 204 g/mol. The van der Waals surface area contributed by atoms with Crippen molar-refractivity contribution in [3.63, 3.8) is 0 Å². The number of benzene rings is 1. The summed E-state index contributed by atoms with van der Waals surface area (Å²) in [4.78, 5) is 0. The first-order valence-corrected chi connectivity index (χ1v) is 5.57. The molecule has 0 aromatic heterocycles. The van der Waals surface area contributed by atoms with Gasteiger partial charge >= 0.3 is 0 Å². The summed E-state index contributed by atoms with van der Waals surface area (Å²) >= 11 is 4.13. The molecule has 0 nitrogen and oxygen atoms in total. The third-order valence-corrected chi connectivity index (χ3v) is 2.27. The Balaban J connectivity index is 2.92. The van der Waals surface area contributed by atoms with Gasteiger partial charge in [0.1, 0.15) is 0 Å². The van der Waals surface area contributed by atoms with Crippen LogP contribution >= 0.6 is 12.6 Å². The molecule has 0 aliphatic rings. The van der Waals surface area contributed by atoms with E-state index in [0.29, 0.717) is 5.92 Å². The molecular weight excluding hydrogens is 188 g/mol. The molecule has 1 rings (SSSR count). The lowest BCUT2D eigenvalue weighted by molar-refractivity contribution is 0.863. The maximum atomic E-state index is 4.13. The number of hydrogen-bond acceptors (Lipinski definition) is 1. The highest BCUT2D eigenvalue weighted by molar-refractivity contribution is 7.80.